The van der Waals surface area contributed by atoms with Gasteiger partial charge >= 0.3 is 5.97 Å². The van der Waals surface area contributed by atoms with E-state index in [2.05, 4.69) is 4.99 Å². The molecular weight excluding hydrogens is 456 g/mol. The molecule has 1 aromatic carbocycles. The molecule has 0 spiro atoms. The number of carbonyl (C=O) groups is 2. The van der Waals surface area contributed by atoms with Crippen molar-refractivity contribution in [1.82, 2.24) is 0 Å². The Morgan fingerprint density at radius 1 is 1.26 bits per heavy atom. The van der Waals surface area contributed by atoms with Crippen molar-refractivity contribution in [2.45, 2.75) is 58.5 Å². The third-order valence-electron chi connectivity index (χ3n) is 7.05. The lowest BCUT2D eigenvalue weighted by Crippen LogP contribution is -2.40. The summed E-state index contributed by atoms with van der Waals surface area (Å²) in [6.45, 7) is 6.33. The van der Waals surface area contributed by atoms with Crippen molar-refractivity contribution in [2.24, 2.45) is 16.3 Å². The lowest BCUT2D eigenvalue weighted by Gasteiger charge is -2.38. The standard InChI is InChI=1S/C25H28N2O8/c1-13-21(24(29)33-11-14-5-4-6-32-14)22(23-16(26-13)9-25(2,3)10-18(23)28)15-7-19-20(35-12-34-19)8-17(15)27(30)31/h7-8,14,21-22H,4-6,9-12H2,1-3H3/t14-,21?,22-/m1/s1. The number of rotatable bonds is 5. The Labute approximate surface area is 202 Å². The number of ether oxygens (including phenoxy) is 4. The number of carbonyl (C=O) groups excluding carboxylic acids is 2. The van der Waals surface area contributed by atoms with Crippen LogP contribution >= 0.6 is 0 Å². The molecule has 186 valence electrons. The number of allylic oxidation sites excluding steroid dienone is 2. The maximum atomic E-state index is 13.5. The Balaban J connectivity index is 1.62. The van der Waals surface area contributed by atoms with Gasteiger partial charge in [-0.15, -0.1) is 0 Å². The fourth-order valence-corrected chi connectivity index (χ4v) is 5.48. The van der Waals surface area contributed by atoms with Crippen molar-refractivity contribution in [1.29, 1.82) is 0 Å². The number of hydrogen-bond donors (Lipinski definition) is 0. The van der Waals surface area contributed by atoms with Crippen molar-refractivity contribution in [3.8, 4) is 11.5 Å². The van der Waals surface area contributed by atoms with Gasteiger partial charge < -0.3 is 18.9 Å². The Kier molecular flexibility index (Phi) is 5.86. The highest BCUT2D eigenvalue weighted by atomic mass is 16.7. The van der Waals surface area contributed by atoms with E-state index in [1.165, 1.54) is 12.1 Å². The molecule has 0 aromatic heterocycles. The van der Waals surface area contributed by atoms with E-state index in [0.717, 1.165) is 12.8 Å². The normalized spacial score (nSPS) is 26.9. The average Bonchev–Trinajstić information content (AvgIpc) is 3.46. The summed E-state index contributed by atoms with van der Waals surface area (Å²) < 4.78 is 22.0. The molecule has 1 unspecified atom stereocenters. The van der Waals surface area contributed by atoms with Crippen LogP contribution in [0.2, 0.25) is 0 Å². The first-order chi connectivity index (χ1) is 16.6. The number of nitrogens with zero attached hydrogens (tertiary/aromatic N) is 2. The fourth-order valence-electron chi connectivity index (χ4n) is 5.48. The Morgan fingerprint density at radius 3 is 2.69 bits per heavy atom. The van der Waals surface area contributed by atoms with Crippen LogP contribution in [0.3, 0.4) is 0 Å². The number of nitro benzene ring substituents is 1. The molecule has 5 rings (SSSR count). The van der Waals surface area contributed by atoms with E-state index in [0.29, 0.717) is 35.8 Å². The first-order valence-electron chi connectivity index (χ1n) is 11.8. The zero-order chi connectivity index (χ0) is 24.9. The van der Waals surface area contributed by atoms with Crippen LogP contribution in [0.1, 0.15) is 57.9 Å². The molecular formula is C25H28N2O8. The smallest absolute Gasteiger partial charge is 0.315 e. The van der Waals surface area contributed by atoms with Gasteiger partial charge in [0.1, 0.15) is 12.5 Å². The van der Waals surface area contributed by atoms with Gasteiger partial charge in [0, 0.05) is 41.5 Å². The molecule has 10 nitrogen and oxygen atoms in total. The third-order valence-corrected chi connectivity index (χ3v) is 7.05. The van der Waals surface area contributed by atoms with Crippen LogP contribution in [0.4, 0.5) is 5.69 Å². The summed E-state index contributed by atoms with van der Waals surface area (Å²) in [5.41, 5.74) is 1.05. The molecule has 1 saturated heterocycles. The monoisotopic (exact) mass is 484 g/mol. The van der Waals surface area contributed by atoms with Gasteiger partial charge in [-0.05, 0) is 37.7 Å². The predicted molar refractivity (Wildman–Crippen MR) is 124 cm³/mol. The molecule has 0 amide bonds. The topological polar surface area (TPSA) is 127 Å². The SMILES string of the molecule is CC1=NC2=C(C(=O)CC(C)(C)C2)[C@H](c2cc3c(cc2[N+](=O)[O-])OCO3)C1C(=O)OC[C@H]1CCCO1. The van der Waals surface area contributed by atoms with E-state index in [4.69, 9.17) is 18.9 Å². The van der Waals surface area contributed by atoms with Crippen molar-refractivity contribution < 1.29 is 33.5 Å². The summed E-state index contributed by atoms with van der Waals surface area (Å²) in [6, 6.07) is 2.81. The Bertz CT molecular complexity index is 1160. The van der Waals surface area contributed by atoms with Crippen molar-refractivity contribution >= 4 is 23.2 Å². The van der Waals surface area contributed by atoms with Crippen molar-refractivity contribution in [3.63, 3.8) is 0 Å². The number of Topliss-reactive ketones (excluding diaryl/α,β-unsaturated/α-hetero) is 1. The van der Waals surface area contributed by atoms with Crippen LogP contribution in [0.15, 0.2) is 28.4 Å². The number of fused-ring (bicyclic) bond motifs is 1. The molecule has 35 heavy (non-hydrogen) atoms. The molecule has 10 heteroatoms. The van der Waals surface area contributed by atoms with E-state index >= 15 is 0 Å². The lowest BCUT2D eigenvalue weighted by molar-refractivity contribution is -0.385. The van der Waals surface area contributed by atoms with E-state index in [-0.39, 0.29) is 54.1 Å². The maximum Gasteiger partial charge on any atom is 0.315 e. The fraction of sp³-hybridized carbons (Fsp3) is 0.560. The summed E-state index contributed by atoms with van der Waals surface area (Å²) in [6.07, 6.45) is 2.30. The quantitative estimate of drug-likeness (QED) is 0.350. The highest BCUT2D eigenvalue weighted by Gasteiger charge is 2.48. The second-order valence-electron chi connectivity index (χ2n) is 10.3. The van der Waals surface area contributed by atoms with Gasteiger partial charge in [0.05, 0.1) is 17.1 Å². The number of aliphatic imine (C=N–C) groups is 1. The number of esters is 1. The summed E-state index contributed by atoms with van der Waals surface area (Å²) in [7, 11) is 0. The molecule has 3 atom stereocenters. The summed E-state index contributed by atoms with van der Waals surface area (Å²) >= 11 is 0. The molecule has 1 aromatic rings. The maximum absolute atomic E-state index is 13.5. The van der Waals surface area contributed by atoms with E-state index < -0.39 is 22.7 Å². The second-order valence-corrected chi connectivity index (χ2v) is 10.3. The largest absolute Gasteiger partial charge is 0.462 e. The van der Waals surface area contributed by atoms with Gasteiger partial charge in [0.2, 0.25) is 6.79 Å². The minimum Gasteiger partial charge on any atom is -0.462 e. The molecule has 0 N–H and O–H groups in total. The van der Waals surface area contributed by atoms with E-state index in [9.17, 15) is 19.7 Å². The lowest BCUT2D eigenvalue weighted by atomic mass is 9.66. The summed E-state index contributed by atoms with van der Waals surface area (Å²) in [5.74, 6) is -2.06. The van der Waals surface area contributed by atoms with Crippen LogP contribution in [0.5, 0.6) is 11.5 Å². The van der Waals surface area contributed by atoms with Gasteiger partial charge in [-0.1, -0.05) is 13.8 Å². The van der Waals surface area contributed by atoms with Crippen LogP contribution in [0, 0.1) is 21.4 Å². The van der Waals surface area contributed by atoms with Crippen molar-refractivity contribution in [3.05, 3.63) is 39.1 Å². The molecule has 1 fully saturated rings. The summed E-state index contributed by atoms with van der Waals surface area (Å²) in [4.78, 5) is 43.2. The first kappa shape index (κ1) is 23.5. The molecule has 3 heterocycles. The third kappa shape index (κ3) is 4.31. The number of ketones is 1. The van der Waals surface area contributed by atoms with Gasteiger partial charge in [0.25, 0.3) is 5.69 Å². The zero-order valence-corrected chi connectivity index (χ0v) is 20.0. The van der Waals surface area contributed by atoms with Gasteiger partial charge in [-0.25, -0.2) is 0 Å². The number of benzene rings is 1. The second kappa shape index (κ2) is 8.75. The number of hydrogen-bond acceptors (Lipinski definition) is 9. The van der Waals surface area contributed by atoms with Crippen LogP contribution < -0.4 is 9.47 Å². The van der Waals surface area contributed by atoms with Gasteiger partial charge in [-0.3, -0.25) is 24.7 Å². The van der Waals surface area contributed by atoms with Gasteiger partial charge in [-0.2, -0.15) is 0 Å². The average molecular weight is 485 g/mol. The molecule has 0 saturated carbocycles. The molecule has 0 radical (unpaired) electrons. The van der Waals surface area contributed by atoms with E-state index in [1.54, 1.807) is 6.92 Å². The van der Waals surface area contributed by atoms with Crippen LogP contribution in [0.25, 0.3) is 0 Å². The molecule has 0 bridgehead atoms. The van der Waals surface area contributed by atoms with Crippen molar-refractivity contribution in [2.75, 3.05) is 20.0 Å². The predicted octanol–water partition coefficient (Wildman–Crippen LogP) is 3.86. The Hall–Kier alpha value is -3.27. The number of nitro groups is 1. The minimum absolute atomic E-state index is 0.0605. The highest BCUT2D eigenvalue weighted by molar-refractivity contribution is 6.09. The molecule has 3 aliphatic heterocycles. The van der Waals surface area contributed by atoms with Crippen LogP contribution in [-0.4, -0.2) is 48.5 Å². The zero-order valence-electron chi connectivity index (χ0n) is 20.0. The molecule has 1 aliphatic carbocycles. The van der Waals surface area contributed by atoms with Crippen LogP contribution in [-0.2, 0) is 19.1 Å². The molecule has 4 aliphatic rings. The van der Waals surface area contributed by atoms with Gasteiger partial charge in [0.15, 0.2) is 17.3 Å². The van der Waals surface area contributed by atoms with E-state index in [1.807, 2.05) is 13.8 Å². The Morgan fingerprint density at radius 2 is 2.00 bits per heavy atom. The highest BCUT2D eigenvalue weighted by Crippen LogP contribution is 2.51. The minimum atomic E-state index is -0.987. The summed E-state index contributed by atoms with van der Waals surface area (Å²) in [5, 5.41) is 12.1. The first-order valence-corrected chi connectivity index (χ1v) is 11.8.